The van der Waals surface area contributed by atoms with E-state index in [-0.39, 0.29) is 5.03 Å². The first-order valence-corrected chi connectivity index (χ1v) is 6.16. The van der Waals surface area contributed by atoms with Gasteiger partial charge in [0.05, 0.1) is 6.20 Å². The van der Waals surface area contributed by atoms with E-state index in [0.717, 1.165) is 12.8 Å². The minimum absolute atomic E-state index is 0.115. The molecule has 0 spiro atoms. The van der Waals surface area contributed by atoms with E-state index in [0.29, 0.717) is 12.5 Å². The number of nitrogens with zero attached hydrogens (tertiary/aromatic N) is 2. The molecule has 1 aliphatic carbocycles. The largest absolute Gasteiger partial charge is 0.255 e. The van der Waals surface area contributed by atoms with Gasteiger partial charge < -0.3 is 0 Å². The van der Waals surface area contributed by atoms with Crippen LogP contribution >= 0.6 is 0 Å². The Morgan fingerprint density at radius 3 is 2.79 bits per heavy atom. The van der Waals surface area contributed by atoms with Crippen LogP contribution in [0.25, 0.3) is 0 Å². The van der Waals surface area contributed by atoms with Crippen LogP contribution in [0.4, 0.5) is 0 Å². The van der Waals surface area contributed by atoms with Gasteiger partial charge in [-0.1, -0.05) is 6.42 Å². The van der Waals surface area contributed by atoms with Gasteiger partial charge >= 0.3 is 0 Å². The van der Waals surface area contributed by atoms with Crippen molar-refractivity contribution < 1.29 is 8.42 Å². The van der Waals surface area contributed by atoms with E-state index in [4.69, 9.17) is 5.14 Å². The third kappa shape index (κ3) is 1.80. The maximum Gasteiger partial charge on any atom is 0.255 e. The lowest BCUT2D eigenvalue weighted by atomic mass is 9.85. The second-order valence-electron chi connectivity index (χ2n) is 3.69. The third-order valence-electron chi connectivity index (χ3n) is 2.62. The lowest BCUT2D eigenvalue weighted by molar-refractivity contribution is 0.258. The molecule has 0 aromatic carbocycles. The molecule has 1 aliphatic rings. The Bertz CT molecular complexity index is 420. The maximum absolute atomic E-state index is 11.1. The van der Waals surface area contributed by atoms with E-state index in [1.807, 2.05) is 0 Å². The fourth-order valence-electron chi connectivity index (χ4n) is 1.62. The summed E-state index contributed by atoms with van der Waals surface area (Å²) in [6.07, 6.45) is 5.02. The van der Waals surface area contributed by atoms with Gasteiger partial charge in [0.2, 0.25) is 0 Å². The Balaban J connectivity index is 2.21. The molecule has 1 aromatic heterocycles. The highest BCUT2D eigenvalue weighted by Gasteiger charge is 2.21. The Labute approximate surface area is 83.0 Å². The standard InChI is InChI=1S/C8H13N3O2S/c9-14(12,13)8-4-5-10-11(8)6-7-2-1-3-7/h4-5,7H,1-3,6H2,(H2,9,12,13). The van der Waals surface area contributed by atoms with Crippen molar-refractivity contribution >= 4 is 10.0 Å². The summed E-state index contributed by atoms with van der Waals surface area (Å²) in [4.78, 5) is 0. The Morgan fingerprint density at radius 1 is 1.57 bits per heavy atom. The van der Waals surface area contributed by atoms with Crippen LogP contribution in [0.1, 0.15) is 19.3 Å². The summed E-state index contributed by atoms with van der Waals surface area (Å²) < 4.78 is 23.7. The van der Waals surface area contributed by atoms with Crippen molar-refractivity contribution in [2.75, 3.05) is 0 Å². The van der Waals surface area contributed by atoms with Crippen molar-refractivity contribution in [3.05, 3.63) is 12.3 Å². The molecular weight excluding hydrogens is 202 g/mol. The van der Waals surface area contributed by atoms with Gasteiger partial charge in [0.1, 0.15) is 0 Å². The van der Waals surface area contributed by atoms with E-state index in [2.05, 4.69) is 5.10 Å². The topological polar surface area (TPSA) is 78.0 Å². The minimum Gasteiger partial charge on any atom is -0.253 e. The Morgan fingerprint density at radius 2 is 2.29 bits per heavy atom. The molecule has 78 valence electrons. The molecule has 1 fully saturated rings. The average molecular weight is 215 g/mol. The molecule has 5 nitrogen and oxygen atoms in total. The van der Waals surface area contributed by atoms with E-state index in [1.165, 1.54) is 23.4 Å². The van der Waals surface area contributed by atoms with Gasteiger partial charge in [-0.05, 0) is 24.8 Å². The van der Waals surface area contributed by atoms with Gasteiger partial charge in [0.15, 0.2) is 5.03 Å². The SMILES string of the molecule is NS(=O)(=O)c1ccnn1CC1CCC1. The number of rotatable bonds is 3. The van der Waals surface area contributed by atoms with Crippen molar-refractivity contribution in [2.45, 2.75) is 30.8 Å². The lowest BCUT2D eigenvalue weighted by Gasteiger charge is -2.25. The van der Waals surface area contributed by atoms with Gasteiger partial charge in [0.25, 0.3) is 10.0 Å². The highest BCUT2D eigenvalue weighted by molar-refractivity contribution is 7.89. The number of hydrogen-bond acceptors (Lipinski definition) is 3. The normalized spacial score (nSPS) is 18.1. The van der Waals surface area contributed by atoms with E-state index in [9.17, 15) is 8.42 Å². The van der Waals surface area contributed by atoms with Gasteiger partial charge in [-0.25, -0.2) is 13.6 Å². The van der Waals surface area contributed by atoms with E-state index >= 15 is 0 Å². The van der Waals surface area contributed by atoms with Crippen LogP contribution < -0.4 is 5.14 Å². The monoisotopic (exact) mass is 215 g/mol. The van der Waals surface area contributed by atoms with Crippen LogP contribution in [0.3, 0.4) is 0 Å². The molecule has 1 heterocycles. The highest BCUT2D eigenvalue weighted by atomic mass is 32.2. The van der Waals surface area contributed by atoms with E-state index in [1.54, 1.807) is 0 Å². The van der Waals surface area contributed by atoms with Gasteiger partial charge in [-0.15, -0.1) is 0 Å². The molecular formula is C8H13N3O2S. The number of nitrogens with two attached hydrogens (primary N) is 1. The number of aromatic nitrogens is 2. The maximum atomic E-state index is 11.1. The summed E-state index contributed by atoms with van der Waals surface area (Å²) in [5.41, 5.74) is 0. The molecule has 0 unspecified atom stereocenters. The van der Waals surface area contributed by atoms with Crippen LogP contribution in [0, 0.1) is 5.92 Å². The summed E-state index contributed by atoms with van der Waals surface area (Å²) in [7, 11) is -3.62. The molecule has 0 atom stereocenters. The molecule has 1 saturated carbocycles. The molecule has 0 amide bonds. The Hall–Kier alpha value is -0.880. The first kappa shape index (κ1) is 9.67. The van der Waals surface area contributed by atoms with Crippen molar-refractivity contribution in [3.63, 3.8) is 0 Å². The summed E-state index contributed by atoms with van der Waals surface area (Å²) in [6.45, 7) is 0.665. The zero-order chi connectivity index (χ0) is 10.2. The van der Waals surface area contributed by atoms with Crippen LogP contribution in [-0.4, -0.2) is 18.2 Å². The third-order valence-corrected chi connectivity index (χ3v) is 3.55. The fourth-order valence-corrected chi connectivity index (χ4v) is 2.29. The predicted octanol–water partition coefficient (Wildman–Crippen LogP) is 0.331. The Kier molecular flexibility index (Phi) is 2.32. The zero-order valence-corrected chi connectivity index (χ0v) is 8.57. The van der Waals surface area contributed by atoms with E-state index < -0.39 is 10.0 Å². The molecule has 2 rings (SSSR count). The quantitative estimate of drug-likeness (QED) is 0.789. The number of sulfonamides is 1. The zero-order valence-electron chi connectivity index (χ0n) is 7.76. The molecule has 0 radical (unpaired) electrons. The molecule has 14 heavy (non-hydrogen) atoms. The predicted molar refractivity (Wildman–Crippen MR) is 50.9 cm³/mol. The van der Waals surface area contributed by atoms with Gasteiger partial charge in [0, 0.05) is 6.54 Å². The molecule has 0 aliphatic heterocycles. The molecule has 0 saturated heterocycles. The van der Waals surface area contributed by atoms with Crippen LogP contribution in [0.2, 0.25) is 0 Å². The molecule has 1 aromatic rings. The van der Waals surface area contributed by atoms with Gasteiger partial charge in [-0.2, -0.15) is 5.10 Å². The second-order valence-corrected chi connectivity index (χ2v) is 5.20. The summed E-state index contributed by atoms with van der Waals surface area (Å²) in [5.74, 6) is 0.565. The first-order chi connectivity index (χ1) is 6.57. The second kappa shape index (κ2) is 3.36. The van der Waals surface area contributed by atoms with Gasteiger partial charge in [-0.3, -0.25) is 4.68 Å². The van der Waals surface area contributed by atoms with Crippen molar-refractivity contribution in [3.8, 4) is 0 Å². The lowest BCUT2D eigenvalue weighted by Crippen LogP contribution is -2.23. The van der Waals surface area contributed by atoms with Crippen LogP contribution in [-0.2, 0) is 16.6 Å². The summed E-state index contributed by atoms with van der Waals surface area (Å²) in [6, 6.07) is 1.44. The molecule has 2 N–H and O–H groups in total. The fraction of sp³-hybridized carbons (Fsp3) is 0.625. The summed E-state index contributed by atoms with van der Waals surface area (Å²) in [5, 5.41) is 9.13. The summed E-state index contributed by atoms with van der Waals surface area (Å²) >= 11 is 0. The van der Waals surface area contributed by atoms with Crippen LogP contribution in [0.5, 0.6) is 0 Å². The molecule has 6 heteroatoms. The number of hydrogen-bond donors (Lipinski definition) is 1. The van der Waals surface area contributed by atoms with Crippen molar-refractivity contribution in [1.29, 1.82) is 0 Å². The van der Waals surface area contributed by atoms with Crippen molar-refractivity contribution in [2.24, 2.45) is 11.1 Å². The van der Waals surface area contributed by atoms with Crippen molar-refractivity contribution in [1.82, 2.24) is 9.78 Å². The first-order valence-electron chi connectivity index (χ1n) is 4.62. The minimum atomic E-state index is -3.62. The highest BCUT2D eigenvalue weighted by Crippen LogP contribution is 2.28. The smallest absolute Gasteiger partial charge is 0.253 e. The van der Waals surface area contributed by atoms with Crippen LogP contribution in [0.15, 0.2) is 17.3 Å². The molecule has 0 bridgehead atoms. The number of primary sulfonamides is 1. The average Bonchev–Trinajstić information content (AvgIpc) is 2.42.